The van der Waals surface area contributed by atoms with Crippen LogP contribution in [-0.2, 0) is 11.0 Å². The van der Waals surface area contributed by atoms with E-state index < -0.39 is 28.9 Å². The van der Waals surface area contributed by atoms with E-state index in [-0.39, 0.29) is 5.69 Å². The number of carbonyl (C=O) groups excluding carboxylic acids is 1. The van der Waals surface area contributed by atoms with E-state index >= 15 is 0 Å². The minimum Gasteiger partial charge on any atom is -0.495 e. The number of halogens is 4. The molecule has 4 rings (SSSR count). The molecule has 2 heterocycles. The molecule has 1 amide bonds. The SMILES string of the molecule is COc1ccc([C@H]2Nn3c(C)nnc3S[C@H]2C(=O)Nc2cccc(C(F)(F)F)c2)cc1Cl. The summed E-state index contributed by atoms with van der Waals surface area (Å²) in [5, 5.41) is 10.7. The Balaban J connectivity index is 1.66. The third kappa shape index (κ3) is 4.35. The van der Waals surface area contributed by atoms with E-state index in [2.05, 4.69) is 20.9 Å². The number of fused-ring (bicyclic) bond motifs is 1. The van der Waals surface area contributed by atoms with Gasteiger partial charge in [-0.15, -0.1) is 10.2 Å². The fourth-order valence-corrected chi connectivity index (χ4v) is 4.66. The molecule has 2 N–H and O–H groups in total. The van der Waals surface area contributed by atoms with E-state index in [1.165, 1.54) is 19.2 Å². The highest BCUT2D eigenvalue weighted by Gasteiger charge is 2.38. The maximum atomic E-state index is 13.2. The fraction of sp³-hybridized carbons (Fsp3) is 0.250. The van der Waals surface area contributed by atoms with E-state index in [1.807, 2.05) is 0 Å². The van der Waals surface area contributed by atoms with Gasteiger partial charge in [0.1, 0.15) is 16.8 Å². The average Bonchev–Trinajstić information content (AvgIpc) is 3.12. The number of hydrogen-bond donors (Lipinski definition) is 2. The molecule has 1 aliphatic rings. The van der Waals surface area contributed by atoms with Crippen molar-refractivity contribution >= 4 is 35.0 Å². The highest BCUT2D eigenvalue weighted by atomic mass is 35.5. The molecule has 1 aromatic heterocycles. The number of aryl methyl sites for hydroxylation is 1. The second kappa shape index (κ2) is 8.55. The summed E-state index contributed by atoms with van der Waals surface area (Å²) in [5.41, 5.74) is 3.09. The fourth-order valence-electron chi connectivity index (χ4n) is 3.27. The predicted molar refractivity (Wildman–Crippen MR) is 115 cm³/mol. The molecule has 168 valence electrons. The molecule has 2 atom stereocenters. The Morgan fingerprint density at radius 2 is 2.03 bits per heavy atom. The molecule has 0 radical (unpaired) electrons. The van der Waals surface area contributed by atoms with Crippen LogP contribution in [0.4, 0.5) is 18.9 Å². The van der Waals surface area contributed by atoms with Gasteiger partial charge in [-0.05, 0) is 42.8 Å². The quantitative estimate of drug-likeness (QED) is 0.561. The van der Waals surface area contributed by atoms with Crippen LogP contribution in [0.1, 0.15) is 23.0 Å². The van der Waals surface area contributed by atoms with Gasteiger partial charge in [0.25, 0.3) is 0 Å². The summed E-state index contributed by atoms with van der Waals surface area (Å²) in [6.07, 6.45) is -4.52. The van der Waals surface area contributed by atoms with Crippen LogP contribution in [0, 0.1) is 6.92 Å². The molecule has 0 bridgehead atoms. The number of benzene rings is 2. The van der Waals surface area contributed by atoms with Crippen molar-refractivity contribution in [1.82, 2.24) is 14.9 Å². The minimum atomic E-state index is -4.52. The maximum Gasteiger partial charge on any atom is 0.416 e. The largest absolute Gasteiger partial charge is 0.495 e. The van der Waals surface area contributed by atoms with Crippen molar-refractivity contribution in [2.24, 2.45) is 0 Å². The summed E-state index contributed by atoms with van der Waals surface area (Å²) in [5.74, 6) is 0.574. The maximum absolute atomic E-state index is 13.2. The molecule has 3 aromatic rings. The lowest BCUT2D eigenvalue weighted by atomic mass is 10.0. The molecule has 0 fully saturated rings. The number of rotatable bonds is 4. The van der Waals surface area contributed by atoms with E-state index in [1.54, 1.807) is 29.8 Å². The van der Waals surface area contributed by atoms with Crippen LogP contribution in [-0.4, -0.2) is 33.1 Å². The van der Waals surface area contributed by atoms with Crippen molar-refractivity contribution in [3.05, 3.63) is 64.4 Å². The van der Waals surface area contributed by atoms with Gasteiger partial charge in [-0.3, -0.25) is 4.79 Å². The van der Waals surface area contributed by atoms with Crippen molar-refractivity contribution in [3.63, 3.8) is 0 Å². The summed E-state index contributed by atoms with van der Waals surface area (Å²) in [4.78, 5) is 13.2. The number of thioether (sulfide) groups is 1. The van der Waals surface area contributed by atoms with E-state index in [0.717, 1.165) is 23.9 Å². The molecule has 7 nitrogen and oxygen atoms in total. The number of hydrogen-bond acceptors (Lipinski definition) is 6. The van der Waals surface area contributed by atoms with Crippen LogP contribution >= 0.6 is 23.4 Å². The molecule has 2 aromatic carbocycles. The Morgan fingerprint density at radius 1 is 1.25 bits per heavy atom. The van der Waals surface area contributed by atoms with Gasteiger partial charge < -0.3 is 15.5 Å². The number of methoxy groups -OCH3 is 1. The smallest absolute Gasteiger partial charge is 0.416 e. The van der Waals surface area contributed by atoms with Crippen LogP contribution in [0.2, 0.25) is 5.02 Å². The molecular formula is C20H17ClF3N5O2S. The third-order valence-electron chi connectivity index (χ3n) is 4.85. The van der Waals surface area contributed by atoms with Crippen molar-refractivity contribution < 1.29 is 22.7 Å². The Kier molecular flexibility index (Phi) is 5.95. The number of amides is 1. The van der Waals surface area contributed by atoms with Crippen LogP contribution in [0.25, 0.3) is 0 Å². The lowest BCUT2D eigenvalue weighted by Crippen LogP contribution is -2.41. The number of carbonyl (C=O) groups is 1. The van der Waals surface area contributed by atoms with E-state index in [0.29, 0.717) is 27.3 Å². The number of anilines is 1. The van der Waals surface area contributed by atoms with Gasteiger partial charge in [0, 0.05) is 5.69 Å². The molecule has 12 heteroatoms. The molecule has 0 saturated heterocycles. The zero-order valence-electron chi connectivity index (χ0n) is 16.8. The highest BCUT2D eigenvalue weighted by Crippen LogP contribution is 2.39. The monoisotopic (exact) mass is 483 g/mol. The summed E-state index contributed by atoms with van der Waals surface area (Å²) in [7, 11) is 1.49. The van der Waals surface area contributed by atoms with Crippen molar-refractivity contribution in [2.45, 2.75) is 29.5 Å². The molecular weight excluding hydrogens is 467 g/mol. The molecule has 0 unspecified atom stereocenters. The number of aromatic nitrogens is 3. The third-order valence-corrected chi connectivity index (χ3v) is 6.36. The first-order valence-corrected chi connectivity index (χ1v) is 10.6. The van der Waals surface area contributed by atoms with Gasteiger partial charge >= 0.3 is 6.18 Å². The van der Waals surface area contributed by atoms with Gasteiger partial charge in [0.05, 0.1) is 23.7 Å². The van der Waals surface area contributed by atoms with Crippen LogP contribution in [0.3, 0.4) is 0 Å². The molecule has 0 saturated carbocycles. The number of nitrogens with one attached hydrogen (secondary N) is 2. The normalized spacial score (nSPS) is 17.9. The Morgan fingerprint density at radius 3 is 2.72 bits per heavy atom. The lowest BCUT2D eigenvalue weighted by molar-refractivity contribution is -0.137. The van der Waals surface area contributed by atoms with Crippen molar-refractivity contribution in [2.75, 3.05) is 17.9 Å². The molecule has 0 aliphatic carbocycles. The van der Waals surface area contributed by atoms with Gasteiger partial charge in [-0.2, -0.15) is 13.2 Å². The minimum absolute atomic E-state index is 0.0418. The standard InChI is InChI=1S/C20H17ClF3N5O2S/c1-10-26-27-19-29(10)28-16(11-6-7-15(31-2)14(21)8-11)17(32-19)18(30)25-13-5-3-4-12(9-13)20(22,23)24/h3-9,16-17,28H,1-2H3,(H,25,30)/t16-,17-/m1/s1. The molecule has 32 heavy (non-hydrogen) atoms. The molecule has 0 spiro atoms. The summed E-state index contributed by atoms with van der Waals surface area (Å²) in [6.45, 7) is 1.76. The van der Waals surface area contributed by atoms with E-state index in [9.17, 15) is 18.0 Å². The number of nitrogens with zero attached hydrogens (tertiary/aromatic N) is 3. The summed E-state index contributed by atoms with van der Waals surface area (Å²) >= 11 is 7.43. The second-order valence-corrected chi connectivity index (χ2v) is 8.49. The number of ether oxygens (including phenoxy) is 1. The van der Waals surface area contributed by atoms with Crippen molar-refractivity contribution in [1.29, 1.82) is 0 Å². The average molecular weight is 484 g/mol. The second-order valence-electron chi connectivity index (χ2n) is 6.97. The first kappa shape index (κ1) is 22.3. The van der Waals surface area contributed by atoms with Crippen molar-refractivity contribution in [3.8, 4) is 5.75 Å². The topological polar surface area (TPSA) is 81.1 Å². The first-order valence-electron chi connectivity index (χ1n) is 9.34. The zero-order valence-corrected chi connectivity index (χ0v) is 18.3. The summed E-state index contributed by atoms with van der Waals surface area (Å²) in [6, 6.07) is 9.03. The van der Waals surface area contributed by atoms with Gasteiger partial charge in [-0.1, -0.05) is 35.5 Å². The summed E-state index contributed by atoms with van der Waals surface area (Å²) < 4.78 is 46.0. The highest BCUT2D eigenvalue weighted by molar-refractivity contribution is 8.00. The zero-order chi connectivity index (χ0) is 23.0. The Bertz CT molecular complexity index is 1170. The van der Waals surface area contributed by atoms with Crippen LogP contribution < -0.4 is 15.5 Å². The van der Waals surface area contributed by atoms with Gasteiger partial charge in [0.15, 0.2) is 0 Å². The molecule has 1 aliphatic heterocycles. The predicted octanol–water partition coefficient (Wildman–Crippen LogP) is 4.67. The Labute approximate surface area is 190 Å². The first-order chi connectivity index (χ1) is 15.2. The van der Waals surface area contributed by atoms with E-state index in [4.69, 9.17) is 16.3 Å². The van der Waals surface area contributed by atoms with Crippen LogP contribution in [0.5, 0.6) is 5.75 Å². The lowest BCUT2D eigenvalue weighted by Gasteiger charge is -2.33. The number of alkyl halides is 3. The van der Waals surface area contributed by atoms with Gasteiger partial charge in [-0.25, -0.2) is 4.68 Å². The Hall–Kier alpha value is -2.92. The van der Waals surface area contributed by atoms with Gasteiger partial charge in [0.2, 0.25) is 11.1 Å². The van der Waals surface area contributed by atoms with Crippen LogP contribution in [0.15, 0.2) is 47.6 Å².